The number of benzene rings is 1. The van der Waals surface area contributed by atoms with Crippen LogP contribution in [0, 0.1) is 5.82 Å². The maximum absolute atomic E-state index is 13.5. The molecule has 8 heteroatoms. The van der Waals surface area contributed by atoms with Crippen LogP contribution in [0.2, 0.25) is 5.02 Å². The van der Waals surface area contributed by atoms with Gasteiger partial charge in [0.1, 0.15) is 17.2 Å². The average Bonchev–Trinajstić information content (AvgIpc) is 3.05. The molecular weight excluding hydrogens is 393 g/mol. The molecule has 1 N–H and O–H groups in total. The van der Waals surface area contributed by atoms with Crippen LogP contribution >= 0.6 is 11.6 Å². The minimum absolute atomic E-state index is 0.0607. The minimum atomic E-state index is -0.363. The number of piperazine rings is 1. The predicted molar refractivity (Wildman–Crippen MR) is 110 cm³/mol. The van der Waals surface area contributed by atoms with E-state index in [1.807, 2.05) is 11.9 Å². The highest BCUT2D eigenvalue weighted by molar-refractivity contribution is 6.34. The lowest BCUT2D eigenvalue weighted by molar-refractivity contribution is -0.147. The van der Waals surface area contributed by atoms with Crippen molar-refractivity contribution in [3.63, 3.8) is 0 Å². The smallest absolute Gasteiger partial charge is 0.236 e. The summed E-state index contributed by atoms with van der Waals surface area (Å²) in [6, 6.07) is 3.56. The number of aromatic nitrogens is 2. The fourth-order valence-electron chi connectivity index (χ4n) is 5.13. The summed E-state index contributed by atoms with van der Waals surface area (Å²) < 4.78 is 13.5. The molecule has 3 saturated heterocycles. The Morgan fingerprint density at radius 2 is 2.10 bits per heavy atom. The van der Waals surface area contributed by atoms with Crippen LogP contribution in [0.5, 0.6) is 0 Å². The summed E-state index contributed by atoms with van der Waals surface area (Å²) in [7, 11) is 1.96. The number of H-pyrrole nitrogens is 1. The summed E-state index contributed by atoms with van der Waals surface area (Å²) in [6.45, 7) is 5.24. The Bertz CT molecular complexity index is 946. The summed E-state index contributed by atoms with van der Waals surface area (Å²) in [4.78, 5) is 27.2. The number of piperidine rings is 1. The maximum atomic E-state index is 13.5. The molecule has 2 atom stereocenters. The van der Waals surface area contributed by atoms with Gasteiger partial charge in [-0.05, 0) is 44.7 Å². The zero-order valence-corrected chi connectivity index (χ0v) is 17.7. The predicted octanol–water partition coefficient (Wildman–Crippen LogP) is 3.01. The SMILES string of the molecule is CN(C(=O)CN1C2CC1CN(Cc1nc3c(Cl)cc(F)cc3[nH]1)C2)C1(C)CCC1. The first-order valence-corrected chi connectivity index (χ1v) is 10.8. The lowest BCUT2D eigenvalue weighted by atomic mass is 9.77. The Kier molecular flexibility index (Phi) is 4.60. The van der Waals surface area contributed by atoms with Crippen LogP contribution < -0.4 is 0 Å². The van der Waals surface area contributed by atoms with Crippen LogP contribution in [0.15, 0.2) is 12.1 Å². The van der Waals surface area contributed by atoms with E-state index in [2.05, 4.69) is 26.7 Å². The van der Waals surface area contributed by atoms with Gasteiger partial charge < -0.3 is 9.88 Å². The van der Waals surface area contributed by atoms with Gasteiger partial charge in [0.2, 0.25) is 5.91 Å². The van der Waals surface area contributed by atoms with E-state index in [-0.39, 0.29) is 17.3 Å². The van der Waals surface area contributed by atoms with Gasteiger partial charge in [0.25, 0.3) is 0 Å². The normalized spacial score (nSPS) is 26.2. The van der Waals surface area contributed by atoms with Gasteiger partial charge in [-0.1, -0.05) is 11.6 Å². The van der Waals surface area contributed by atoms with Gasteiger partial charge >= 0.3 is 0 Å². The van der Waals surface area contributed by atoms with Crippen molar-refractivity contribution in [1.82, 2.24) is 24.7 Å². The molecule has 6 nitrogen and oxygen atoms in total. The van der Waals surface area contributed by atoms with E-state index in [4.69, 9.17) is 11.6 Å². The molecule has 2 bridgehead atoms. The highest BCUT2D eigenvalue weighted by Gasteiger charge is 2.46. The quantitative estimate of drug-likeness (QED) is 0.809. The topological polar surface area (TPSA) is 55.5 Å². The lowest BCUT2D eigenvalue weighted by Gasteiger charge is -2.57. The van der Waals surface area contributed by atoms with Crippen molar-refractivity contribution in [3.05, 3.63) is 28.8 Å². The molecule has 1 aromatic carbocycles. The van der Waals surface area contributed by atoms with E-state index in [1.54, 1.807) is 0 Å². The first-order valence-electron chi connectivity index (χ1n) is 10.4. The highest BCUT2D eigenvalue weighted by atomic mass is 35.5. The molecule has 0 radical (unpaired) electrons. The van der Waals surface area contributed by atoms with Gasteiger partial charge in [0, 0.05) is 37.8 Å². The van der Waals surface area contributed by atoms with Crippen molar-refractivity contribution < 1.29 is 9.18 Å². The number of aromatic amines is 1. The number of amides is 1. The van der Waals surface area contributed by atoms with E-state index in [1.165, 1.54) is 18.6 Å². The zero-order chi connectivity index (χ0) is 20.3. The van der Waals surface area contributed by atoms with Crippen LogP contribution in [0.25, 0.3) is 11.0 Å². The molecule has 4 heterocycles. The van der Waals surface area contributed by atoms with Crippen molar-refractivity contribution in [2.45, 2.75) is 56.8 Å². The van der Waals surface area contributed by atoms with Gasteiger partial charge in [-0.25, -0.2) is 9.37 Å². The molecular formula is C21H27ClFN5O. The monoisotopic (exact) mass is 419 g/mol. The molecule has 1 amide bonds. The Morgan fingerprint density at radius 1 is 1.38 bits per heavy atom. The Labute approximate surface area is 175 Å². The minimum Gasteiger partial charge on any atom is -0.341 e. The number of fused-ring (bicyclic) bond motifs is 3. The Hall–Kier alpha value is -1.70. The maximum Gasteiger partial charge on any atom is 0.236 e. The number of carbonyl (C=O) groups is 1. The second-order valence-electron chi connectivity index (χ2n) is 9.18. The van der Waals surface area contributed by atoms with E-state index in [0.29, 0.717) is 41.2 Å². The van der Waals surface area contributed by atoms with Crippen molar-refractivity contribution in [1.29, 1.82) is 0 Å². The Morgan fingerprint density at radius 3 is 2.76 bits per heavy atom. The van der Waals surface area contributed by atoms with Gasteiger partial charge in [-0.2, -0.15) is 0 Å². The van der Waals surface area contributed by atoms with Crippen molar-refractivity contribution in [2.24, 2.45) is 0 Å². The second kappa shape index (κ2) is 6.93. The number of nitrogens with one attached hydrogen (secondary N) is 1. The molecule has 2 aromatic rings. The van der Waals surface area contributed by atoms with Gasteiger partial charge in [0.15, 0.2) is 0 Å². The van der Waals surface area contributed by atoms with Crippen LogP contribution in [-0.2, 0) is 11.3 Å². The zero-order valence-electron chi connectivity index (χ0n) is 16.9. The summed E-state index contributed by atoms with van der Waals surface area (Å²) in [5.41, 5.74) is 1.31. The standard InChI is InChI=1S/C21H27ClFN5O/c1-21(4-3-5-21)26(2)19(29)12-28-14-8-15(28)10-27(9-14)11-18-24-17-7-13(23)6-16(22)20(17)25-18/h6-7,14-15H,3-5,8-12H2,1-2H3,(H,24,25). The fourth-order valence-corrected chi connectivity index (χ4v) is 5.38. The van der Waals surface area contributed by atoms with E-state index < -0.39 is 0 Å². The van der Waals surface area contributed by atoms with Crippen LogP contribution in [0.4, 0.5) is 4.39 Å². The van der Waals surface area contributed by atoms with Gasteiger partial charge in [0.05, 0.1) is 23.6 Å². The number of likely N-dealkylation sites (N-methyl/N-ethyl adjacent to an activating group) is 1. The van der Waals surface area contributed by atoms with Crippen LogP contribution in [0.1, 0.15) is 38.4 Å². The van der Waals surface area contributed by atoms with E-state index >= 15 is 0 Å². The molecule has 6 rings (SSSR count). The highest BCUT2D eigenvalue weighted by Crippen LogP contribution is 2.37. The number of nitrogens with zero attached hydrogens (tertiary/aromatic N) is 4. The number of hydrogen-bond donors (Lipinski definition) is 1. The van der Waals surface area contributed by atoms with Gasteiger partial charge in [-0.15, -0.1) is 0 Å². The number of halogens is 2. The third kappa shape index (κ3) is 3.33. The van der Waals surface area contributed by atoms with E-state index in [9.17, 15) is 9.18 Å². The first kappa shape index (κ1) is 19.3. The number of rotatable bonds is 5. The van der Waals surface area contributed by atoms with E-state index in [0.717, 1.165) is 38.2 Å². The molecule has 3 aliphatic heterocycles. The largest absolute Gasteiger partial charge is 0.341 e. The van der Waals surface area contributed by atoms with Crippen LogP contribution in [0.3, 0.4) is 0 Å². The average molecular weight is 420 g/mol. The van der Waals surface area contributed by atoms with Crippen molar-refractivity contribution >= 4 is 28.5 Å². The lowest BCUT2D eigenvalue weighted by Crippen LogP contribution is -2.70. The summed E-state index contributed by atoms with van der Waals surface area (Å²) in [5, 5.41) is 0.331. The number of hydrogen-bond acceptors (Lipinski definition) is 4. The summed E-state index contributed by atoms with van der Waals surface area (Å²) in [6.07, 6.45) is 4.60. The molecule has 29 heavy (non-hydrogen) atoms. The van der Waals surface area contributed by atoms with Crippen molar-refractivity contribution in [3.8, 4) is 0 Å². The van der Waals surface area contributed by atoms with Crippen molar-refractivity contribution in [2.75, 3.05) is 26.7 Å². The molecule has 1 aliphatic carbocycles. The molecule has 156 valence electrons. The van der Waals surface area contributed by atoms with Gasteiger partial charge in [-0.3, -0.25) is 14.6 Å². The number of carbonyl (C=O) groups excluding carboxylic acids is 1. The first-order chi connectivity index (χ1) is 13.8. The second-order valence-corrected chi connectivity index (χ2v) is 9.59. The third-order valence-electron chi connectivity index (χ3n) is 7.28. The molecule has 4 aliphatic rings. The molecule has 1 aromatic heterocycles. The Balaban J connectivity index is 1.20. The third-order valence-corrected chi connectivity index (χ3v) is 7.57. The summed E-state index contributed by atoms with van der Waals surface area (Å²) in [5.74, 6) is 0.677. The fraction of sp³-hybridized carbons (Fsp3) is 0.619. The molecule has 1 saturated carbocycles. The van der Waals surface area contributed by atoms with Crippen LogP contribution in [-0.4, -0.2) is 74.9 Å². The number of imidazole rings is 1. The molecule has 0 spiro atoms. The molecule has 4 fully saturated rings. The summed E-state index contributed by atoms with van der Waals surface area (Å²) >= 11 is 6.11. The molecule has 2 unspecified atom stereocenters.